The lowest BCUT2D eigenvalue weighted by atomic mass is 10.2. The second-order valence-electron chi connectivity index (χ2n) is 3.93. The molecule has 0 bridgehead atoms. The zero-order valence-electron chi connectivity index (χ0n) is 10.2. The number of carbonyl (C=O) groups is 3. The maximum Gasteiger partial charge on any atom is 0.303 e. The summed E-state index contributed by atoms with van der Waals surface area (Å²) in [6.07, 6.45) is 0.635. The van der Waals surface area contributed by atoms with Crippen molar-refractivity contribution in [3.63, 3.8) is 0 Å². The van der Waals surface area contributed by atoms with E-state index < -0.39 is 12.0 Å². The van der Waals surface area contributed by atoms with Gasteiger partial charge in [-0.2, -0.15) is 5.11 Å². The Hall–Kier alpha value is -2.51. The molecule has 100 valence electrons. The van der Waals surface area contributed by atoms with Crippen molar-refractivity contribution in [2.75, 3.05) is 6.54 Å². The van der Waals surface area contributed by atoms with E-state index >= 15 is 0 Å². The lowest BCUT2D eigenvalue weighted by Crippen LogP contribution is -2.35. The second kappa shape index (κ2) is 5.42. The average molecular weight is 264 g/mol. The van der Waals surface area contributed by atoms with Gasteiger partial charge in [-0.25, -0.2) is 5.43 Å². The molecule has 0 saturated carbocycles. The van der Waals surface area contributed by atoms with Crippen LogP contribution in [0.2, 0.25) is 0 Å². The van der Waals surface area contributed by atoms with E-state index in [2.05, 4.69) is 15.8 Å². The number of rotatable bonds is 4. The summed E-state index contributed by atoms with van der Waals surface area (Å²) in [6.45, 7) is 1.41. The third-order valence-electron chi connectivity index (χ3n) is 2.68. The highest BCUT2D eigenvalue weighted by molar-refractivity contribution is 5.82. The van der Waals surface area contributed by atoms with E-state index in [1.165, 1.54) is 11.5 Å². The smallest absolute Gasteiger partial charge is 0.303 e. The van der Waals surface area contributed by atoms with E-state index in [1.807, 2.05) is 0 Å². The molecule has 0 radical (unpaired) electrons. The molecule has 1 N–H and O–H groups in total. The summed E-state index contributed by atoms with van der Waals surface area (Å²) in [5, 5.41) is 7.14. The van der Waals surface area contributed by atoms with Gasteiger partial charge in [0.15, 0.2) is 6.29 Å². The van der Waals surface area contributed by atoms with Gasteiger partial charge in [-0.15, -0.1) is 0 Å². The minimum absolute atomic E-state index is 0.00983. The first-order chi connectivity index (χ1) is 9.13. The summed E-state index contributed by atoms with van der Waals surface area (Å²) in [5.74, 6) is -0.799. The van der Waals surface area contributed by atoms with Crippen LogP contribution in [0.3, 0.4) is 0 Å². The predicted octanol–water partition coefficient (Wildman–Crippen LogP) is 0.402. The van der Waals surface area contributed by atoms with Crippen LogP contribution in [0.5, 0.6) is 0 Å². The number of carbonyl (C=O) groups excluding carboxylic acids is 3. The number of nitrogens with zero attached hydrogens (tertiary/aromatic N) is 3. The Bertz CT molecular complexity index is 549. The van der Waals surface area contributed by atoms with Crippen molar-refractivity contribution in [3.8, 4) is 0 Å². The summed E-state index contributed by atoms with van der Waals surface area (Å²) in [4.78, 5) is 33.6. The SMILES string of the molecule is CC(=O)OCc1ccc(C=O)n1C1CN=NNC1=O. The van der Waals surface area contributed by atoms with E-state index in [0.29, 0.717) is 17.7 Å². The molecule has 1 unspecified atom stereocenters. The Morgan fingerprint density at radius 1 is 1.63 bits per heavy atom. The molecule has 0 fully saturated rings. The van der Waals surface area contributed by atoms with E-state index in [4.69, 9.17) is 4.74 Å². The first-order valence-corrected chi connectivity index (χ1v) is 5.58. The van der Waals surface area contributed by atoms with Crippen molar-refractivity contribution < 1.29 is 19.1 Å². The number of aldehydes is 1. The van der Waals surface area contributed by atoms with Gasteiger partial charge >= 0.3 is 5.97 Å². The van der Waals surface area contributed by atoms with Crippen LogP contribution in [-0.4, -0.2) is 29.3 Å². The van der Waals surface area contributed by atoms with Gasteiger partial charge < -0.3 is 9.30 Å². The fourth-order valence-corrected chi connectivity index (χ4v) is 1.84. The van der Waals surface area contributed by atoms with Gasteiger partial charge in [-0.05, 0) is 12.1 Å². The standard InChI is InChI=1S/C11H12N4O4/c1-7(17)19-6-9-3-2-8(5-16)15(9)10-4-12-14-13-11(10)18/h2-3,5,10H,4,6H2,1H3,(H,12,13,18). The van der Waals surface area contributed by atoms with Gasteiger partial charge in [0.1, 0.15) is 12.6 Å². The number of hydrogen-bond acceptors (Lipinski definition) is 6. The molecule has 0 aliphatic carbocycles. The Balaban J connectivity index is 2.33. The van der Waals surface area contributed by atoms with Crippen LogP contribution >= 0.6 is 0 Å². The molecule has 1 aliphatic heterocycles. The quantitative estimate of drug-likeness (QED) is 0.628. The maximum absolute atomic E-state index is 11.7. The second-order valence-corrected chi connectivity index (χ2v) is 3.93. The third kappa shape index (κ3) is 2.67. The van der Waals surface area contributed by atoms with Crippen molar-refractivity contribution in [3.05, 3.63) is 23.5 Å². The van der Waals surface area contributed by atoms with Crippen LogP contribution < -0.4 is 5.43 Å². The van der Waals surface area contributed by atoms with Gasteiger partial charge in [0.05, 0.1) is 17.9 Å². The maximum atomic E-state index is 11.7. The summed E-state index contributed by atoms with van der Waals surface area (Å²) in [7, 11) is 0. The van der Waals surface area contributed by atoms with Crippen molar-refractivity contribution in [1.29, 1.82) is 0 Å². The lowest BCUT2D eigenvalue weighted by molar-refractivity contribution is -0.142. The molecule has 8 heteroatoms. The minimum Gasteiger partial charge on any atom is -0.459 e. The molecule has 2 rings (SSSR count). The largest absolute Gasteiger partial charge is 0.459 e. The van der Waals surface area contributed by atoms with Crippen LogP contribution in [0.25, 0.3) is 0 Å². The lowest BCUT2D eigenvalue weighted by Gasteiger charge is -2.21. The van der Waals surface area contributed by atoms with Crippen molar-refractivity contribution in [2.45, 2.75) is 19.6 Å². The number of ether oxygens (including phenoxy) is 1. The zero-order valence-corrected chi connectivity index (χ0v) is 10.2. The third-order valence-corrected chi connectivity index (χ3v) is 2.68. The average Bonchev–Trinajstić information content (AvgIpc) is 2.79. The molecule has 0 saturated heterocycles. The molecule has 0 spiro atoms. The topological polar surface area (TPSA) is 102 Å². The summed E-state index contributed by atoms with van der Waals surface area (Å²) < 4.78 is 6.39. The summed E-state index contributed by atoms with van der Waals surface area (Å²) >= 11 is 0. The fourth-order valence-electron chi connectivity index (χ4n) is 1.84. The van der Waals surface area contributed by atoms with Crippen molar-refractivity contribution >= 4 is 18.2 Å². The van der Waals surface area contributed by atoms with Crippen LogP contribution in [0.15, 0.2) is 22.5 Å². The highest BCUT2D eigenvalue weighted by Crippen LogP contribution is 2.19. The molecule has 1 aromatic heterocycles. The van der Waals surface area contributed by atoms with E-state index in [0.717, 1.165) is 0 Å². The van der Waals surface area contributed by atoms with Crippen molar-refractivity contribution in [2.24, 2.45) is 10.3 Å². The highest BCUT2D eigenvalue weighted by Gasteiger charge is 2.27. The molecule has 2 heterocycles. The molecule has 8 nitrogen and oxygen atoms in total. The minimum atomic E-state index is -0.668. The Kier molecular flexibility index (Phi) is 3.69. The number of aromatic nitrogens is 1. The molecular weight excluding hydrogens is 252 g/mol. The zero-order chi connectivity index (χ0) is 13.8. The highest BCUT2D eigenvalue weighted by atomic mass is 16.5. The van der Waals surface area contributed by atoms with Crippen molar-refractivity contribution in [1.82, 2.24) is 9.99 Å². The summed E-state index contributed by atoms with van der Waals surface area (Å²) in [6, 6.07) is 2.52. The Morgan fingerprint density at radius 3 is 3.05 bits per heavy atom. The van der Waals surface area contributed by atoms with Crippen LogP contribution in [-0.2, 0) is 20.9 Å². The normalized spacial score (nSPS) is 17.9. The van der Waals surface area contributed by atoms with Gasteiger partial charge in [0.2, 0.25) is 0 Å². The molecule has 1 amide bonds. The van der Waals surface area contributed by atoms with E-state index in [-0.39, 0.29) is 19.1 Å². The monoisotopic (exact) mass is 264 g/mol. The van der Waals surface area contributed by atoms with Gasteiger partial charge in [0.25, 0.3) is 5.91 Å². The first kappa shape index (κ1) is 12.9. The first-order valence-electron chi connectivity index (χ1n) is 5.58. The number of esters is 1. The molecule has 1 aliphatic rings. The number of hydrogen-bond donors (Lipinski definition) is 1. The van der Waals surface area contributed by atoms with Crippen LogP contribution in [0, 0.1) is 0 Å². The van der Waals surface area contributed by atoms with E-state index in [9.17, 15) is 14.4 Å². The fraction of sp³-hybridized carbons (Fsp3) is 0.364. The summed E-state index contributed by atoms with van der Waals surface area (Å²) in [5.41, 5.74) is 3.11. The Labute approximate surface area is 108 Å². The van der Waals surface area contributed by atoms with Gasteiger partial charge in [-0.3, -0.25) is 14.4 Å². The number of nitrogens with one attached hydrogen (secondary N) is 1. The molecular formula is C11H12N4O4. The van der Waals surface area contributed by atoms with Crippen LogP contribution in [0.1, 0.15) is 29.1 Å². The van der Waals surface area contributed by atoms with Gasteiger partial charge in [0, 0.05) is 6.92 Å². The Morgan fingerprint density at radius 2 is 2.42 bits per heavy atom. The molecule has 0 aromatic carbocycles. The predicted molar refractivity (Wildman–Crippen MR) is 62.2 cm³/mol. The van der Waals surface area contributed by atoms with Gasteiger partial charge in [-0.1, -0.05) is 5.22 Å². The molecule has 1 aromatic rings. The molecule has 19 heavy (non-hydrogen) atoms. The van der Waals surface area contributed by atoms with E-state index in [1.54, 1.807) is 12.1 Å². The van der Waals surface area contributed by atoms with Crippen LogP contribution in [0.4, 0.5) is 0 Å². The molecule has 1 atom stereocenters. The number of amides is 1.